The van der Waals surface area contributed by atoms with E-state index in [1.807, 2.05) is 72.8 Å². The highest BCUT2D eigenvalue weighted by Crippen LogP contribution is 2.21. The fourth-order valence-corrected chi connectivity index (χ4v) is 2.83. The molecule has 4 aromatic rings. The molecule has 122 valence electrons. The summed E-state index contributed by atoms with van der Waals surface area (Å²) in [4.78, 5) is 13.1. The van der Waals surface area contributed by atoms with Crippen LogP contribution in [0, 0.1) is 0 Å². The molecule has 0 unspecified atom stereocenters. The predicted molar refractivity (Wildman–Crippen MR) is 99.6 cm³/mol. The second kappa shape index (κ2) is 6.42. The Morgan fingerprint density at radius 2 is 1.32 bits per heavy atom. The minimum Gasteiger partial charge on any atom is -0.245 e. The first kappa shape index (κ1) is 15.4. The quantitative estimate of drug-likeness (QED) is 0.553. The molecular weight excluding hydrogens is 334 g/mol. The molecule has 0 atom stereocenters. The molecule has 0 fully saturated rings. The third-order valence-corrected chi connectivity index (χ3v) is 4.15. The van der Waals surface area contributed by atoms with Crippen LogP contribution >= 0.6 is 11.6 Å². The molecule has 0 spiro atoms. The molecular formula is C20H14ClN3O. The average Bonchev–Trinajstić information content (AvgIpc) is 3.01. The van der Waals surface area contributed by atoms with Crippen molar-refractivity contribution in [2.24, 2.45) is 0 Å². The van der Waals surface area contributed by atoms with Crippen LogP contribution in [0.5, 0.6) is 0 Å². The molecule has 0 bridgehead atoms. The molecule has 0 amide bonds. The van der Waals surface area contributed by atoms with Gasteiger partial charge in [-0.15, -0.1) is 5.10 Å². The second-order valence-electron chi connectivity index (χ2n) is 5.53. The first-order chi connectivity index (χ1) is 12.2. The van der Waals surface area contributed by atoms with Gasteiger partial charge < -0.3 is 0 Å². The molecule has 1 aromatic heterocycles. The standard InChI is InChI=1S/C20H14ClN3O/c21-16-11-13-17(14-12-16)23-19(15-7-3-1-4-8-15)22-24(20(23)25)18-9-5-2-6-10-18/h1-14H. The maximum Gasteiger partial charge on any atom is 0.355 e. The fraction of sp³-hybridized carbons (Fsp3) is 0. The third-order valence-electron chi connectivity index (χ3n) is 3.90. The number of rotatable bonds is 3. The highest BCUT2D eigenvalue weighted by molar-refractivity contribution is 6.30. The first-order valence-corrected chi connectivity index (χ1v) is 8.21. The van der Waals surface area contributed by atoms with Crippen LogP contribution in [0.2, 0.25) is 5.02 Å². The number of para-hydroxylation sites is 1. The monoisotopic (exact) mass is 347 g/mol. The van der Waals surface area contributed by atoms with E-state index < -0.39 is 0 Å². The zero-order valence-electron chi connectivity index (χ0n) is 13.2. The lowest BCUT2D eigenvalue weighted by molar-refractivity contribution is 0.830. The molecule has 0 aliphatic rings. The Morgan fingerprint density at radius 1 is 0.720 bits per heavy atom. The van der Waals surface area contributed by atoms with E-state index in [9.17, 15) is 4.79 Å². The van der Waals surface area contributed by atoms with Crippen LogP contribution in [0.4, 0.5) is 0 Å². The van der Waals surface area contributed by atoms with Gasteiger partial charge in [-0.3, -0.25) is 0 Å². The summed E-state index contributed by atoms with van der Waals surface area (Å²) in [5.74, 6) is 0.580. The van der Waals surface area contributed by atoms with E-state index in [-0.39, 0.29) is 5.69 Å². The molecule has 4 rings (SSSR count). The topological polar surface area (TPSA) is 39.8 Å². The minimum absolute atomic E-state index is 0.229. The lowest BCUT2D eigenvalue weighted by Crippen LogP contribution is -2.22. The number of aromatic nitrogens is 3. The van der Waals surface area contributed by atoms with Crippen LogP contribution in [0.25, 0.3) is 22.8 Å². The van der Waals surface area contributed by atoms with Crippen LogP contribution in [-0.2, 0) is 0 Å². The van der Waals surface area contributed by atoms with Crippen LogP contribution in [0.1, 0.15) is 0 Å². The van der Waals surface area contributed by atoms with Gasteiger partial charge in [-0.2, -0.15) is 4.68 Å². The molecule has 0 N–H and O–H groups in total. The van der Waals surface area contributed by atoms with E-state index in [0.29, 0.717) is 10.8 Å². The smallest absolute Gasteiger partial charge is 0.245 e. The predicted octanol–water partition coefficient (Wildman–Crippen LogP) is 4.34. The Hall–Kier alpha value is -3.11. The Labute approximate surface area is 149 Å². The largest absolute Gasteiger partial charge is 0.355 e. The molecule has 0 saturated heterocycles. The van der Waals surface area contributed by atoms with Crippen molar-refractivity contribution in [3.8, 4) is 22.8 Å². The summed E-state index contributed by atoms with van der Waals surface area (Å²) in [7, 11) is 0. The number of hydrogen-bond donors (Lipinski definition) is 0. The first-order valence-electron chi connectivity index (χ1n) is 7.83. The van der Waals surface area contributed by atoms with Gasteiger partial charge in [0.1, 0.15) is 0 Å². The van der Waals surface area contributed by atoms with E-state index in [4.69, 9.17) is 11.6 Å². The zero-order valence-corrected chi connectivity index (χ0v) is 14.0. The van der Waals surface area contributed by atoms with E-state index in [0.717, 1.165) is 16.9 Å². The molecule has 0 radical (unpaired) electrons. The van der Waals surface area contributed by atoms with Crippen molar-refractivity contribution in [1.82, 2.24) is 14.3 Å². The normalized spacial score (nSPS) is 10.8. The third kappa shape index (κ3) is 2.88. The van der Waals surface area contributed by atoms with Crippen LogP contribution in [0.15, 0.2) is 89.7 Å². The highest BCUT2D eigenvalue weighted by Gasteiger charge is 2.17. The Kier molecular flexibility index (Phi) is 3.96. The Morgan fingerprint density at radius 3 is 1.96 bits per heavy atom. The van der Waals surface area contributed by atoms with Gasteiger partial charge in [-0.1, -0.05) is 60.1 Å². The average molecular weight is 348 g/mol. The van der Waals surface area contributed by atoms with E-state index in [1.165, 1.54) is 4.68 Å². The van der Waals surface area contributed by atoms with E-state index >= 15 is 0 Å². The summed E-state index contributed by atoms with van der Waals surface area (Å²) in [5.41, 5.74) is 2.07. The number of hydrogen-bond acceptors (Lipinski definition) is 2. The van der Waals surface area contributed by atoms with Crippen molar-refractivity contribution in [1.29, 1.82) is 0 Å². The molecule has 4 nitrogen and oxygen atoms in total. The SMILES string of the molecule is O=c1n(-c2ccccc2)nc(-c2ccccc2)n1-c1ccc(Cl)cc1. The van der Waals surface area contributed by atoms with Gasteiger partial charge in [0.2, 0.25) is 0 Å². The van der Waals surface area contributed by atoms with Crippen molar-refractivity contribution in [2.45, 2.75) is 0 Å². The second-order valence-corrected chi connectivity index (χ2v) is 5.97. The maximum atomic E-state index is 13.1. The van der Waals surface area contributed by atoms with Gasteiger partial charge >= 0.3 is 5.69 Å². The molecule has 0 aliphatic heterocycles. The van der Waals surface area contributed by atoms with Gasteiger partial charge in [-0.25, -0.2) is 9.36 Å². The molecule has 25 heavy (non-hydrogen) atoms. The summed E-state index contributed by atoms with van der Waals surface area (Å²) in [6.07, 6.45) is 0. The minimum atomic E-state index is -0.229. The van der Waals surface area contributed by atoms with Gasteiger partial charge in [-0.05, 0) is 36.4 Å². The highest BCUT2D eigenvalue weighted by atomic mass is 35.5. The molecule has 5 heteroatoms. The molecule has 1 heterocycles. The van der Waals surface area contributed by atoms with Crippen molar-refractivity contribution < 1.29 is 0 Å². The molecule has 0 aliphatic carbocycles. The maximum absolute atomic E-state index is 13.1. The lowest BCUT2D eigenvalue weighted by Gasteiger charge is -2.05. The van der Waals surface area contributed by atoms with Crippen molar-refractivity contribution in [3.05, 3.63) is 100 Å². The molecule has 3 aromatic carbocycles. The Bertz CT molecular complexity index is 1050. The number of nitrogens with zero attached hydrogens (tertiary/aromatic N) is 3. The van der Waals surface area contributed by atoms with E-state index in [2.05, 4.69) is 5.10 Å². The van der Waals surface area contributed by atoms with Gasteiger partial charge in [0.05, 0.1) is 11.4 Å². The summed E-state index contributed by atoms with van der Waals surface area (Å²) in [6, 6.07) is 26.2. The zero-order chi connectivity index (χ0) is 17.2. The summed E-state index contributed by atoms with van der Waals surface area (Å²) < 4.78 is 3.01. The summed E-state index contributed by atoms with van der Waals surface area (Å²) in [6.45, 7) is 0. The number of halogens is 1. The van der Waals surface area contributed by atoms with Crippen molar-refractivity contribution in [3.63, 3.8) is 0 Å². The van der Waals surface area contributed by atoms with Gasteiger partial charge in [0.25, 0.3) is 0 Å². The lowest BCUT2D eigenvalue weighted by atomic mass is 10.2. The Balaban J connectivity index is 1.99. The number of benzene rings is 3. The van der Waals surface area contributed by atoms with Crippen molar-refractivity contribution in [2.75, 3.05) is 0 Å². The fourth-order valence-electron chi connectivity index (χ4n) is 2.70. The van der Waals surface area contributed by atoms with Gasteiger partial charge in [0.15, 0.2) is 5.82 Å². The van der Waals surface area contributed by atoms with Gasteiger partial charge in [0, 0.05) is 10.6 Å². The van der Waals surface area contributed by atoms with Crippen molar-refractivity contribution >= 4 is 11.6 Å². The molecule has 0 saturated carbocycles. The van der Waals surface area contributed by atoms with Crippen LogP contribution < -0.4 is 5.69 Å². The van der Waals surface area contributed by atoms with Crippen LogP contribution in [0.3, 0.4) is 0 Å². The van der Waals surface area contributed by atoms with Crippen LogP contribution in [-0.4, -0.2) is 14.3 Å². The summed E-state index contributed by atoms with van der Waals surface area (Å²) >= 11 is 5.99. The van der Waals surface area contributed by atoms with E-state index in [1.54, 1.807) is 16.7 Å². The summed E-state index contributed by atoms with van der Waals surface area (Å²) in [5, 5.41) is 5.20.